The summed E-state index contributed by atoms with van der Waals surface area (Å²) in [6.45, 7) is 24.0. The van der Waals surface area contributed by atoms with E-state index in [-0.39, 0.29) is 56.7 Å². The highest BCUT2D eigenvalue weighted by Crippen LogP contribution is 2.75. The molecule has 1 aliphatic heterocycles. The van der Waals surface area contributed by atoms with E-state index in [9.17, 15) is 9.90 Å². The van der Waals surface area contributed by atoms with Crippen molar-refractivity contribution in [2.45, 2.75) is 125 Å². The Balaban J connectivity index is 1.53. The number of aromatic nitrogens is 3. The minimum atomic E-state index is -0.650. The molecule has 0 aromatic carbocycles. The second-order valence-electron chi connectivity index (χ2n) is 18.6. The van der Waals surface area contributed by atoms with Crippen LogP contribution in [0.5, 0.6) is 0 Å². The summed E-state index contributed by atoms with van der Waals surface area (Å²) in [6, 6.07) is -0.223. The zero-order valence-electron chi connectivity index (χ0n) is 30.9. The van der Waals surface area contributed by atoms with Gasteiger partial charge in [0, 0.05) is 11.0 Å². The smallest absolute Gasteiger partial charge is 0.307 e. The number of carbonyl (C=O) groups is 1. The van der Waals surface area contributed by atoms with E-state index in [4.69, 9.17) is 38.4 Å². The minimum Gasteiger partial charge on any atom is -0.481 e. The van der Waals surface area contributed by atoms with Crippen LogP contribution in [-0.2, 0) is 14.3 Å². The van der Waals surface area contributed by atoms with Gasteiger partial charge >= 0.3 is 5.97 Å². The van der Waals surface area contributed by atoms with Gasteiger partial charge in [-0.15, -0.1) is 5.10 Å². The molecule has 3 saturated carbocycles. The molecule has 6 rings (SSSR count). The lowest BCUT2D eigenvalue weighted by Gasteiger charge is -2.71. The molecule has 1 aromatic rings. The lowest BCUT2D eigenvalue weighted by atomic mass is 9.34. The average Bonchev–Trinajstić information content (AvgIpc) is 3.33. The number of allylic oxidation sites excluding steroid dienone is 1. The van der Waals surface area contributed by atoms with E-state index in [1.165, 1.54) is 5.57 Å². The van der Waals surface area contributed by atoms with Crippen LogP contribution in [0, 0.1) is 62.6 Å². The van der Waals surface area contributed by atoms with Gasteiger partial charge in [-0.2, -0.15) is 4.98 Å². The maximum absolute atomic E-state index is 13.5. The summed E-state index contributed by atoms with van der Waals surface area (Å²) >= 11 is 13.1. The van der Waals surface area contributed by atoms with Crippen LogP contribution >= 0.6 is 23.2 Å². The Kier molecular flexibility index (Phi) is 9.10. The first-order valence-electron chi connectivity index (χ1n) is 18.4. The van der Waals surface area contributed by atoms with Crippen LogP contribution in [0.2, 0.25) is 10.6 Å². The molecule has 2 heterocycles. The van der Waals surface area contributed by atoms with Gasteiger partial charge in [0.15, 0.2) is 0 Å². The van der Waals surface area contributed by atoms with Crippen molar-refractivity contribution in [1.82, 2.24) is 14.8 Å². The Morgan fingerprint density at radius 1 is 1.12 bits per heavy atom. The molecule has 0 radical (unpaired) electrons. The Bertz CT molecular complexity index is 1460. The molecule has 10 heteroatoms. The Morgan fingerprint density at radius 2 is 1.81 bits per heavy atom. The number of carboxylic acid groups (broad SMARTS) is 1. The van der Waals surface area contributed by atoms with E-state index in [0.29, 0.717) is 38.1 Å². The largest absolute Gasteiger partial charge is 0.481 e. The summed E-state index contributed by atoms with van der Waals surface area (Å²) in [5.74, 6) is 0.315. The molecule has 3 N–H and O–H groups in total. The normalized spacial score (nSPS) is 44.3. The number of hydrogen-bond donors (Lipinski definition) is 2. The first-order valence-corrected chi connectivity index (χ1v) is 19.1. The summed E-state index contributed by atoms with van der Waals surface area (Å²) in [7, 11) is 0. The molecule has 1 aromatic heterocycles. The van der Waals surface area contributed by atoms with Gasteiger partial charge in [-0.3, -0.25) is 4.79 Å². The van der Waals surface area contributed by atoms with Gasteiger partial charge in [0.25, 0.3) is 0 Å². The zero-order valence-corrected chi connectivity index (χ0v) is 32.4. The number of fused-ring (bicyclic) bond motifs is 3. The number of ether oxygens (including phenoxy) is 2. The van der Waals surface area contributed by atoms with Gasteiger partial charge < -0.3 is 20.3 Å². The number of aliphatic carboxylic acids is 1. The molecule has 2 bridgehead atoms. The van der Waals surface area contributed by atoms with Crippen molar-refractivity contribution in [3.05, 3.63) is 22.2 Å². The van der Waals surface area contributed by atoms with Crippen molar-refractivity contribution in [2.24, 2.45) is 68.3 Å². The fourth-order valence-electron chi connectivity index (χ4n) is 12.0. The second kappa shape index (κ2) is 11.9. The fraction of sp³-hybridized carbons (Fsp3) is 0.868. The lowest BCUT2D eigenvalue weighted by molar-refractivity contribution is -0.254. The highest BCUT2D eigenvalue weighted by atomic mass is 35.5. The Labute approximate surface area is 298 Å². The molecule has 1 saturated heterocycles. The van der Waals surface area contributed by atoms with E-state index in [1.54, 1.807) is 4.68 Å². The van der Waals surface area contributed by atoms with Gasteiger partial charge in [0.2, 0.25) is 10.6 Å². The molecular formula is C38H60Cl2N4O4. The van der Waals surface area contributed by atoms with Crippen LogP contribution in [0.25, 0.3) is 0 Å². The standard InChI is InChI=1S/C38H60Cl2N4O4/c1-21(2)23(5)34(7)15-16-35(8)24-11-12-27-33(6)17-26(44-32(40)42-31(39)43-44)29(48-19-37(10,41)22(3)4)38(27,20-47-18-33)25(24)13-14-36(35,9)28(34)30(45)46/h13,21-24,26-29H,11-12,14-20,41H2,1-10H3,(H,45,46)/t23-,24+,26-,27-,28-,29+,33-,34-,35-,36+,37+,38+/m1/s1. The Hall–Kier alpha value is -1.19. The van der Waals surface area contributed by atoms with Crippen LogP contribution < -0.4 is 5.73 Å². The monoisotopic (exact) mass is 706 g/mol. The van der Waals surface area contributed by atoms with E-state index in [1.807, 2.05) is 0 Å². The van der Waals surface area contributed by atoms with Crippen LogP contribution in [0.1, 0.15) is 114 Å². The third-order valence-corrected chi connectivity index (χ3v) is 16.2. The number of hydrogen-bond acceptors (Lipinski definition) is 6. The SMILES string of the molecule is CC(C)[C@@H](C)[C@@]1(C)CC[C@]2(C)[C@H]3CC[C@@H]4[C@@]5(C)COC[C@@]4(C3=CC[C@@]2(C)[C@@H]1C(=O)O)[C@@H](OC[C@](C)(N)C(C)C)[C@H](n1nc(Cl)nc1Cl)C5. The predicted octanol–water partition coefficient (Wildman–Crippen LogP) is 8.47. The quantitative estimate of drug-likeness (QED) is 0.261. The van der Waals surface area contributed by atoms with Gasteiger partial charge in [-0.25, -0.2) is 4.68 Å². The fourth-order valence-corrected chi connectivity index (χ4v) is 12.5. The lowest BCUT2D eigenvalue weighted by Crippen LogP contribution is -2.70. The highest BCUT2D eigenvalue weighted by molar-refractivity contribution is 6.31. The van der Waals surface area contributed by atoms with Gasteiger partial charge in [0.1, 0.15) is 0 Å². The summed E-state index contributed by atoms with van der Waals surface area (Å²) in [5, 5.41) is 16.1. The number of rotatable bonds is 8. The molecule has 8 nitrogen and oxygen atoms in total. The summed E-state index contributed by atoms with van der Waals surface area (Å²) in [4.78, 5) is 17.8. The minimum absolute atomic E-state index is 0.123. The van der Waals surface area contributed by atoms with E-state index in [0.717, 1.165) is 32.1 Å². The summed E-state index contributed by atoms with van der Waals surface area (Å²) in [5.41, 5.74) is 6.20. The van der Waals surface area contributed by atoms with Gasteiger partial charge in [-0.1, -0.05) is 74.0 Å². The zero-order chi connectivity index (χ0) is 35.4. The molecule has 4 fully saturated rings. The summed E-state index contributed by atoms with van der Waals surface area (Å²) in [6.07, 6.45) is 7.57. The molecular weight excluding hydrogens is 647 g/mol. The number of nitrogens with zero attached hydrogens (tertiary/aromatic N) is 3. The molecule has 0 spiro atoms. The topological polar surface area (TPSA) is 112 Å². The van der Waals surface area contributed by atoms with Crippen LogP contribution in [0.15, 0.2) is 11.6 Å². The third kappa shape index (κ3) is 5.03. The van der Waals surface area contributed by atoms with Crippen molar-refractivity contribution in [3.8, 4) is 0 Å². The maximum atomic E-state index is 13.5. The first-order chi connectivity index (χ1) is 22.2. The molecule has 0 unspecified atom stereocenters. The predicted molar refractivity (Wildman–Crippen MR) is 190 cm³/mol. The highest BCUT2D eigenvalue weighted by Gasteiger charge is 2.72. The van der Waals surface area contributed by atoms with Crippen LogP contribution in [0.4, 0.5) is 0 Å². The molecule has 4 aliphatic carbocycles. The van der Waals surface area contributed by atoms with Crippen molar-refractivity contribution in [2.75, 3.05) is 19.8 Å². The summed E-state index contributed by atoms with van der Waals surface area (Å²) < 4.78 is 15.7. The molecule has 5 aliphatic rings. The van der Waals surface area contributed by atoms with Gasteiger partial charge in [0.05, 0.1) is 37.9 Å². The Morgan fingerprint density at radius 3 is 2.40 bits per heavy atom. The average molecular weight is 708 g/mol. The maximum Gasteiger partial charge on any atom is 0.307 e. The second-order valence-corrected chi connectivity index (χ2v) is 19.3. The van der Waals surface area contributed by atoms with Crippen LogP contribution in [-0.4, -0.2) is 57.3 Å². The molecule has 270 valence electrons. The van der Waals surface area contributed by atoms with Crippen molar-refractivity contribution < 1.29 is 19.4 Å². The third-order valence-electron chi connectivity index (χ3n) is 15.8. The van der Waals surface area contributed by atoms with E-state index < -0.39 is 28.3 Å². The van der Waals surface area contributed by atoms with Crippen molar-refractivity contribution in [1.29, 1.82) is 0 Å². The van der Waals surface area contributed by atoms with Gasteiger partial charge in [-0.05, 0) is 120 Å². The van der Waals surface area contributed by atoms with Crippen molar-refractivity contribution >= 4 is 29.2 Å². The van der Waals surface area contributed by atoms with Crippen molar-refractivity contribution in [3.63, 3.8) is 0 Å². The molecule has 12 atom stereocenters. The molecule has 48 heavy (non-hydrogen) atoms. The first kappa shape index (κ1) is 36.6. The number of halogens is 2. The van der Waals surface area contributed by atoms with E-state index >= 15 is 0 Å². The van der Waals surface area contributed by atoms with Crippen LogP contribution in [0.3, 0.4) is 0 Å². The number of carboxylic acids is 1. The number of nitrogens with two attached hydrogens (primary N) is 1. The van der Waals surface area contributed by atoms with E-state index in [2.05, 4.69) is 85.4 Å². The molecule has 0 amide bonds.